The predicted octanol–water partition coefficient (Wildman–Crippen LogP) is 2.96. The minimum Gasteiger partial charge on any atom is -0.350 e. The van der Waals surface area contributed by atoms with E-state index in [1.807, 2.05) is 6.92 Å². The van der Waals surface area contributed by atoms with Crippen molar-refractivity contribution in [1.29, 1.82) is 0 Å². The van der Waals surface area contributed by atoms with Crippen LogP contribution in [0.2, 0.25) is 0 Å². The Morgan fingerprint density at radius 3 is 2.63 bits per heavy atom. The zero-order valence-electron chi connectivity index (χ0n) is 16.0. The summed E-state index contributed by atoms with van der Waals surface area (Å²) in [5, 5.41) is 13.2. The highest BCUT2D eigenvalue weighted by atomic mass is 16.5. The molecule has 142 valence electrons. The number of nitrogens with zero attached hydrogens (tertiary/aromatic N) is 4. The van der Waals surface area contributed by atoms with E-state index in [4.69, 9.17) is 4.52 Å². The Morgan fingerprint density at radius 1 is 1.26 bits per heavy atom. The molecule has 27 heavy (non-hydrogen) atoms. The summed E-state index contributed by atoms with van der Waals surface area (Å²) in [7, 11) is 0. The monoisotopic (exact) mass is 368 g/mol. The van der Waals surface area contributed by atoms with E-state index < -0.39 is 0 Å². The van der Waals surface area contributed by atoms with Crippen LogP contribution in [0.3, 0.4) is 0 Å². The molecule has 0 unspecified atom stereocenters. The SMILES string of the molecule is C[C@H](NC(=O)CCc1nc(-c2ncn[nH]2)no1)c1ccc(C(C)(C)C)cc1. The van der Waals surface area contributed by atoms with Crippen molar-refractivity contribution in [3.05, 3.63) is 47.6 Å². The molecule has 0 aliphatic heterocycles. The fourth-order valence-corrected chi connectivity index (χ4v) is 2.66. The standard InChI is InChI=1S/C19H24N6O2/c1-12(13-5-7-14(8-6-13)19(2,3)4)22-15(26)9-10-16-23-18(25-27-16)17-20-11-21-24-17/h5-8,11-12H,9-10H2,1-4H3,(H,22,26)(H,20,21,24)/t12-/m0/s1. The molecule has 1 atom stereocenters. The summed E-state index contributed by atoms with van der Waals surface area (Å²) in [4.78, 5) is 20.4. The number of aryl methyl sites for hydroxylation is 1. The molecule has 8 heteroatoms. The number of carbonyl (C=O) groups is 1. The molecule has 0 aliphatic rings. The minimum atomic E-state index is -0.0704. The van der Waals surface area contributed by atoms with Gasteiger partial charge in [-0.2, -0.15) is 10.1 Å². The second-order valence-electron chi connectivity index (χ2n) is 7.51. The van der Waals surface area contributed by atoms with Gasteiger partial charge in [0, 0.05) is 12.8 Å². The van der Waals surface area contributed by atoms with Crippen LogP contribution in [0.15, 0.2) is 35.1 Å². The molecule has 0 fully saturated rings. The van der Waals surface area contributed by atoms with Crippen LogP contribution in [-0.2, 0) is 16.6 Å². The fourth-order valence-electron chi connectivity index (χ4n) is 2.66. The number of H-pyrrole nitrogens is 1. The molecular formula is C19H24N6O2. The zero-order chi connectivity index (χ0) is 19.4. The van der Waals surface area contributed by atoms with E-state index in [9.17, 15) is 4.79 Å². The number of benzene rings is 1. The van der Waals surface area contributed by atoms with Gasteiger partial charge in [0.1, 0.15) is 6.33 Å². The summed E-state index contributed by atoms with van der Waals surface area (Å²) in [6, 6.07) is 8.28. The normalized spacial score (nSPS) is 12.7. The molecule has 0 spiro atoms. The molecule has 3 rings (SSSR count). The van der Waals surface area contributed by atoms with Crippen LogP contribution < -0.4 is 5.32 Å². The third kappa shape index (κ3) is 4.78. The second kappa shape index (κ2) is 7.69. The van der Waals surface area contributed by atoms with Crippen LogP contribution >= 0.6 is 0 Å². The highest BCUT2D eigenvalue weighted by molar-refractivity contribution is 5.76. The summed E-state index contributed by atoms with van der Waals surface area (Å²) < 4.78 is 5.14. The molecule has 3 aromatic rings. The number of hydrogen-bond donors (Lipinski definition) is 2. The van der Waals surface area contributed by atoms with Gasteiger partial charge >= 0.3 is 0 Å². The number of hydrogen-bond acceptors (Lipinski definition) is 6. The average Bonchev–Trinajstić information content (AvgIpc) is 3.30. The number of aromatic nitrogens is 5. The number of nitrogens with one attached hydrogen (secondary N) is 2. The Labute approximate surface area is 157 Å². The van der Waals surface area contributed by atoms with Gasteiger partial charge < -0.3 is 9.84 Å². The minimum absolute atomic E-state index is 0.0678. The first kappa shape index (κ1) is 18.8. The second-order valence-corrected chi connectivity index (χ2v) is 7.51. The van der Waals surface area contributed by atoms with E-state index in [2.05, 4.69) is 75.7 Å². The molecule has 0 bridgehead atoms. The number of rotatable bonds is 6. The third-order valence-corrected chi connectivity index (χ3v) is 4.32. The summed E-state index contributed by atoms with van der Waals surface area (Å²) in [5.41, 5.74) is 2.45. The van der Waals surface area contributed by atoms with Crippen LogP contribution in [-0.4, -0.2) is 31.2 Å². The lowest BCUT2D eigenvalue weighted by Crippen LogP contribution is -2.27. The summed E-state index contributed by atoms with van der Waals surface area (Å²) >= 11 is 0. The van der Waals surface area contributed by atoms with Gasteiger partial charge in [0.2, 0.25) is 17.6 Å². The smallest absolute Gasteiger partial charge is 0.239 e. The maximum absolute atomic E-state index is 12.2. The van der Waals surface area contributed by atoms with Gasteiger partial charge in [-0.1, -0.05) is 50.2 Å². The molecular weight excluding hydrogens is 344 g/mol. The van der Waals surface area contributed by atoms with E-state index in [1.54, 1.807) is 0 Å². The van der Waals surface area contributed by atoms with Crippen molar-refractivity contribution in [2.24, 2.45) is 0 Å². The largest absolute Gasteiger partial charge is 0.350 e. The fraction of sp³-hybridized carbons (Fsp3) is 0.421. The van der Waals surface area contributed by atoms with Gasteiger partial charge in [-0.3, -0.25) is 9.89 Å². The lowest BCUT2D eigenvalue weighted by Gasteiger charge is -2.20. The Bertz CT molecular complexity index is 878. The maximum atomic E-state index is 12.2. The highest BCUT2D eigenvalue weighted by Gasteiger charge is 2.16. The van der Waals surface area contributed by atoms with E-state index in [0.717, 1.165) is 5.56 Å². The quantitative estimate of drug-likeness (QED) is 0.692. The van der Waals surface area contributed by atoms with Crippen molar-refractivity contribution in [2.75, 3.05) is 0 Å². The van der Waals surface area contributed by atoms with E-state index in [0.29, 0.717) is 24.0 Å². The number of amides is 1. The molecule has 1 amide bonds. The first-order valence-corrected chi connectivity index (χ1v) is 8.91. The first-order valence-electron chi connectivity index (χ1n) is 8.91. The van der Waals surface area contributed by atoms with Crippen molar-refractivity contribution in [2.45, 2.75) is 52.0 Å². The Balaban J connectivity index is 1.51. The van der Waals surface area contributed by atoms with Gasteiger partial charge in [-0.15, -0.1) is 0 Å². The van der Waals surface area contributed by atoms with E-state index >= 15 is 0 Å². The molecule has 2 N–H and O–H groups in total. The Kier molecular flexibility index (Phi) is 5.34. The molecule has 0 radical (unpaired) electrons. The molecule has 8 nitrogen and oxygen atoms in total. The molecule has 1 aromatic carbocycles. The molecule has 0 aliphatic carbocycles. The predicted molar refractivity (Wildman–Crippen MR) is 99.7 cm³/mol. The van der Waals surface area contributed by atoms with Crippen LogP contribution in [0.5, 0.6) is 0 Å². The Hall–Kier alpha value is -3.03. The van der Waals surface area contributed by atoms with Gasteiger partial charge in [0.05, 0.1) is 6.04 Å². The zero-order valence-corrected chi connectivity index (χ0v) is 16.0. The highest BCUT2D eigenvalue weighted by Crippen LogP contribution is 2.24. The van der Waals surface area contributed by atoms with Gasteiger partial charge in [0.25, 0.3) is 0 Å². The van der Waals surface area contributed by atoms with Crippen LogP contribution in [0.25, 0.3) is 11.6 Å². The number of carbonyl (C=O) groups excluding carboxylic acids is 1. The van der Waals surface area contributed by atoms with Crippen molar-refractivity contribution in [3.8, 4) is 11.6 Å². The van der Waals surface area contributed by atoms with E-state index in [1.165, 1.54) is 11.9 Å². The summed E-state index contributed by atoms with van der Waals surface area (Å²) in [6.07, 6.45) is 2.00. The van der Waals surface area contributed by atoms with Crippen LogP contribution in [0.1, 0.15) is 57.2 Å². The average molecular weight is 368 g/mol. The van der Waals surface area contributed by atoms with Crippen LogP contribution in [0.4, 0.5) is 0 Å². The summed E-state index contributed by atoms with van der Waals surface area (Å²) in [6.45, 7) is 8.51. The third-order valence-electron chi connectivity index (χ3n) is 4.32. The van der Waals surface area contributed by atoms with Crippen LogP contribution in [0, 0.1) is 0 Å². The van der Waals surface area contributed by atoms with Gasteiger partial charge in [-0.25, -0.2) is 4.98 Å². The molecule has 0 saturated carbocycles. The molecule has 0 saturated heterocycles. The lowest BCUT2D eigenvalue weighted by atomic mass is 9.86. The Morgan fingerprint density at radius 2 is 2.00 bits per heavy atom. The molecule has 2 heterocycles. The number of aromatic amines is 1. The van der Waals surface area contributed by atoms with Gasteiger partial charge in [0.15, 0.2) is 5.82 Å². The van der Waals surface area contributed by atoms with Gasteiger partial charge in [-0.05, 0) is 23.5 Å². The van der Waals surface area contributed by atoms with Crippen molar-refractivity contribution in [1.82, 2.24) is 30.6 Å². The van der Waals surface area contributed by atoms with Crippen molar-refractivity contribution in [3.63, 3.8) is 0 Å². The molecule has 2 aromatic heterocycles. The van der Waals surface area contributed by atoms with Crippen molar-refractivity contribution >= 4 is 5.91 Å². The van der Waals surface area contributed by atoms with Crippen molar-refractivity contribution < 1.29 is 9.32 Å². The topological polar surface area (TPSA) is 110 Å². The maximum Gasteiger partial charge on any atom is 0.239 e. The first-order chi connectivity index (χ1) is 12.8. The summed E-state index contributed by atoms with van der Waals surface area (Å²) in [5.74, 6) is 1.08. The van der Waals surface area contributed by atoms with E-state index in [-0.39, 0.29) is 23.8 Å². The lowest BCUT2D eigenvalue weighted by molar-refractivity contribution is -0.121.